The van der Waals surface area contributed by atoms with Crippen molar-refractivity contribution in [3.05, 3.63) is 63.1 Å². The number of nitrogens with one attached hydrogen (secondary N) is 1. The van der Waals surface area contributed by atoms with Gasteiger partial charge in [-0.1, -0.05) is 54.7 Å². The normalized spacial score (nSPS) is 12.8. The maximum absolute atomic E-state index is 13.3. The molecule has 0 aromatic heterocycles. The summed E-state index contributed by atoms with van der Waals surface area (Å²) in [6, 6.07) is 11.9. The fourth-order valence-corrected chi connectivity index (χ4v) is 4.40. The lowest BCUT2D eigenvalue weighted by Crippen LogP contribution is -2.51. The molecule has 2 aromatic carbocycles. The molecule has 2 unspecified atom stereocenters. The minimum Gasteiger partial charge on any atom is -0.352 e. The van der Waals surface area contributed by atoms with Crippen LogP contribution < -0.4 is 5.32 Å². The quantitative estimate of drug-likeness (QED) is 0.380. The van der Waals surface area contributed by atoms with E-state index in [9.17, 15) is 9.59 Å². The molecule has 0 spiro atoms. The molecule has 4 nitrogen and oxygen atoms in total. The van der Waals surface area contributed by atoms with E-state index in [0.717, 1.165) is 11.3 Å². The summed E-state index contributed by atoms with van der Waals surface area (Å²) in [6.45, 7) is 5.99. The number of halogens is 3. The number of rotatable bonds is 10. The fraction of sp³-hybridized carbons (Fsp3) is 0.391. The van der Waals surface area contributed by atoms with Crippen LogP contribution >= 0.6 is 46.6 Å². The van der Waals surface area contributed by atoms with E-state index in [0.29, 0.717) is 27.1 Å². The first-order valence-electron chi connectivity index (χ1n) is 10.2. The molecule has 2 aromatic rings. The second-order valence-corrected chi connectivity index (χ2v) is 9.51. The maximum atomic E-state index is 13.3. The Hall–Kier alpha value is -1.40. The van der Waals surface area contributed by atoms with Gasteiger partial charge in [0, 0.05) is 38.1 Å². The van der Waals surface area contributed by atoms with Crippen LogP contribution in [-0.2, 0) is 16.1 Å². The van der Waals surface area contributed by atoms with Crippen LogP contribution in [0, 0.1) is 0 Å². The van der Waals surface area contributed by atoms with Gasteiger partial charge >= 0.3 is 0 Å². The highest BCUT2D eigenvalue weighted by Gasteiger charge is 2.30. The summed E-state index contributed by atoms with van der Waals surface area (Å²) in [6.07, 6.45) is 1.28. The molecule has 2 amide bonds. The van der Waals surface area contributed by atoms with E-state index in [-0.39, 0.29) is 30.2 Å². The van der Waals surface area contributed by atoms with Crippen LogP contribution in [0.2, 0.25) is 15.1 Å². The molecule has 0 aliphatic rings. The maximum Gasteiger partial charge on any atom is 0.243 e. The topological polar surface area (TPSA) is 49.4 Å². The van der Waals surface area contributed by atoms with Crippen LogP contribution in [0.25, 0.3) is 0 Å². The lowest BCUT2D eigenvalue weighted by molar-refractivity contribution is -0.139. The van der Waals surface area contributed by atoms with Gasteiger partial charge in [-0.15, -0.1) is 11.8 Å². The van der Waals surface area contributed by atoms with E-state index in [1.807, 2.05) is 32.9 Å². The van der Waals surface area contributed by atoms with Crippen molar-refractivity contribution in [1.82, 2.24) is 10.2 Å². The van der Waals surface area contributed by atoms with E-state index >= 15 is 0 Å². The van der Waals surface area contributed by atoms with Gasteiger partial charge < -0.3 is 10.2 Å². The molecule has 0 bridgehead atoms. The zero-order chi connectivity index (χ0) is 23.0. The van der Waals surface area contributed by atoms with Crippen LogP contribution in [0.15, 0.2) is 47.4 Å². The smallest absolute Gasteiger partial charge is 0.243 e. The van der Waals surface area contributed by atoms with Gasteiger partial charge in [-0.3, -0.25) is 9.59 Å². The molecule has 8 heteroatoms. The molecule has 0 heterocycles. The summed E-state index contributed by atoms with van der Waals surface area (Å²) < 4.78 is 0. The Morgan fingerprint density at radius 1 is 1.00 bits per heavy atom. The van der Waals surface area contributed by atoms with Crippen LogP contribution in [0.1, 0.15) is 39.2 Å². The molecule has 0 aliphatic carbocycles. The molecule has 0 radical (unpaired) electrons. The molecule has 2 rings (SSSR count). The predicted octanol–water partition coefficient (Wildman–Crippen LogP) is 6.46. The van der Waals surface area contributed by atoms with Gasteiger partial charge in [0.25, 0.3) is 0 Å². The van der Waals surface area contributed by atoms with Crippen molar-refractivity contribution < 1.29 is 9.59 Å². The molecule has 31 heavy (non-hydrogen) atoms. The molecule has 0 fully saturated rings. The summed E-state index contributed by atoms with van der Waals surface area (Å²) >= 11 is 20.1. The van der Waals surface area contributed by atoms with Crippen molar-refractivity contribution in [3.8, 4) is 0 Å². The summed E-state index contributed by atoms with van der Waals surface area (Å²) in [4.78, 5) is 28.8. The Bertz CT molecular complexity index is 873. The highest BCUT2D eigenvalue weighted by atomic mass is 35.5. The Morgan fingerprint density at radius 2 is 1.61 bits per heavy atom. The second-order valence-electron chi connectivity index (χ2n) is 7.21. The SMILES string of the molecule is CCC(C)NC(=O)C(CC)N(Cc1c(Cl)cccc1Cl)C(=O)CSc1ccc(Cl)cc1. The summed E-state index contributed by atoms with van der Waals surface area (Å²) in [5.74, 6) is -0.163. The highest BCUT2D eigenvalue weighted by Crippen LogP contribution is 2.28. The molecule has 0 aliphatic heterocycles. The van der Waals surface area contributed by atoms with Gasteiger partial charge in [-0.05, 0) is 56.2 Å². The van der Waals surface area contributed by atoms with Crippen molar-refractivity contribution in [2.45, 2.75) is 57.1 Å². The van der Waals surface area contributed by atoms with Gasteiger partial charge in [0.1, 0.15) is 6.04 Å². The Kier molecular flexibility index (Phi) is 10.5. The van der Waals surface area contributed by atoms with E-state index in [4.69, 9.17) is 34.8 Å². The fourth-order valence-electron chi connectivity index (χ4n) is 2.97. The number of benzene rings is 2. The number of nitrogens with zero attached hydrogens (tertiary/aromatic N) is 1. The standard InChI is InChI=1S/C23H27Cl3N2O2S/c1-4-15(3)27-23(30)21(5-2)28(13-18-19(25)7-6-8-20(18)26)22(29)14-31-17-11-9-16(24)10-12-17/h6-12,15,21H,4-5,13-14H2,1-3H3,(H,27,30). The molecule has 168 valence electrons. The predicted molar refractivity (Wildman–Crippen MR) is 131 cm³/mol. The van der Waals surface area contributed by atoms with Gasteiger partial charge in [0.15, 0.2) is 0 Å². The lowest BCUT2D eigenvalue weighted by atomic mass is 10.1. The van der Waals surface area contributed by atoms with Crippen molar-refractivity contribution in [1.29, 1.82) is 0 Å². The van der Waals surface area contributed by atoms with E-state index < -0.39 is 6.04 Å². The van der Waals surface area contributed by atoms with Crippen molar-refractivity contribution >= 4 is 58.4 Å². The van der Waals surface area contributed by atoms with Crippen LogP contribution in [0.5, 0.6) is 0 Å². The third-order valence-electron chi connectivity index (χ3n) is 4.95. The van der Waals surface area contributed by atoms with Crippen molar-refractivity contribution in [2.24, 2.45) is 0 Å². The molecular weight excluding hydrogens is 475 g/mol. The minimum absolute atomic E-state index is 0.0193. The van der Waals surface area contributed by atoms with Crippen molar-refractivity contribution in [2.75, 3.05) is 5.75 Å². The highest BCUT2D eigenvalue weighted by molar-refractivity contribution is 8.00. The Balaban J connectivity index is 2.27. The zero-order valence-corrected chi connectivity index (χ0v) is 20.9. The number of hydrogen-bond acceptors (Lipinski definition) is 3. The number of carbonyl (C=O) groups is 2. The van der Waals surface area contributed by atoms with Gasteiger partial charge in [0.05, 0.1) is 5.75 Å². The van der Waals surface area contributed by atoms with E-state index in [1.165, 1.54) is 11.8 Å². The minimum atomic E-state index is -0.625. The summed E-state index contributed by atoms with van der Waals surface area (Å²) in [5, 5.41) is 4.56. The molecule has 0 saturated heterocycles. The van der Waals surface area contributed by atoms with Gasteiger partial charge in [0.2, 0.25) is 11.8 Å². The summed E-state index contributed by atoms with van der Waals surface area (Å²) in [5.41, 5.74) is 0.630. The molecular formula is C23H27Cl3N2O2S. The van der Waals surface area contributed by atoms with Gasteiger partial charge in [-0.25, -0.2) is 0 Å². The van der Waals surface area contributed by atoms with E-state index in [2.05, 4.69) is 5.32 Å². The Morgan fingerprint density at radius 3 is 2.16 bits per heavy atom. The van der Waals surface area contributed by atoms with Gasteiger partial charge in [-0.2, -0.15) is 0 Å². The van der Waals surface area contributed by atoms with E-state index in [1.54, 1.807) is 35.2 Å². The number of carbonyl (C=O) groups excluding carboxylic acids is 2. The molecule has 1 N–H and O–H groups in total. The first-order chi connectivity index (χ1) is 14.8. The lowest BCUT2D eigenvalue weighted by Gasteiger charge is -2.32. The zero-order valence-electron chi connectivity index (χ0n) is 17.8. The van der Waals surface area contributed by atoms with Crippen molar-refractivity contribution in [3.63, 3.8) is 0 Å². The largest absolute Gasteiger partial charge is 0.352 e. The first kappa shape index (κ1) is 25.9. The average Bonchev–Trinajstić information content (AvgIpc) is 2.74. The van der Waals surface area contributed by atoms with Crippen LogP contribution in [0.3, 0.4) is 0 Å². The average molecular weight is 502 g/mol. The summed E-state index contributed by atoms with van der Waals surface area (Å²) in [7, 11) is 0. The van der Waals surface area contributed by atoms with Crippen LogP contribution in [-0.4, -0.2) is 34.6 Å². The monoisotopic (exact) mass is 500 g/mol. The number of hydrogen-bond donors (Lipinski definition) is 1. The first-order valence-corrected chi connectivity index (χ1v) is 12.3. The van der Waals surface area contributed by atoms with Crippen LogP contribution in [0.4, 0.5) is 0 Å². The molecule has 0 saturated carbocycles. The Labute approximate surface area is 203 Å². The third kappa shape index (κ3) is 7.60. The number of thioether (sulfide) groups is 1. The number of amides is 2. The third-order valence-corrected chi connectivity index (χ3v) is 6.91. The second kappa shape index (κ2) is 12.6. The molecule has 2 atom stereocenters.